The summed E-state index contributed by atoms with van der Waals surface area (Å²) in [6.07, 6.45) is 1.31. The maximum Gasteiger partial charge on any atom is 0.253 e. The minimum Gasteiger partial charge on any atom is -0.487 e. The summed E-state index contributed by atoms with van der Waals surface area (Å²) >= 11 is 1.59. The summed E-state index contributed by atoms with van der Waals surface area (Å²) < 4.78 is 5.81. The molecule has 6 nitrogen and oxygen atoms in total. The number of thiazole rings is 1. The van der Waals surface area contributed by atoms with Crippen molar-refractivity contribution in [2.45, 2.75) is 26.4 Å². The van der Waals surface area contributed by atoms with Crippen LogP contribution in [0.3, 0.4) is 0 Å². The number of nitrogens with zero attached hydrogens (tertiary/aromatic N) is 2. The lowest BCUT2D eigenvalue weighted by Crippen LogP contribution is -2.41. The third-order valence-electron chi connectivity index (χ3n) is 5.33. The number of ether oxygens (including phenoxy) is 1. The van der Waals surface area contributed by atoms with Crippen LogP contribution in [0.5, 0.6) is 5.75 Å². The molecule has 0 unspecified atom stereocenters. The van der Waals surface area contributed by atoms with Crippen LogP contribution >= 0.6 is 11.3 Å². The number of hydrogen-bond acceptors (Lipinski definition) is 5. The smallest absolute Gasteiger partial charge is 0.253 e. The third kappa shape index (κ3) is 5.49. The summed E-state index contributed by atoms with van der Waals surface area (Å²) in [5, 5.41) is 5.94. The van der Waals surface area contributed by atoms with Crippen molar-refractivity contribution >= 4 is 28.8 Å². The summed E-state index contributed by atoms with van der Waals surface area (Å²) in [6, 6.07) is 16.7. The minimum absolute atomic E-state index is 0.0194. The Hall–Kier alpha value is -3.19. The van der Waals surface area contributed by atoms with Gasteiger partial charge in [0.05, 0.1) is 10.7 Å². The Kier molecular flexibility index (Phi) is 6.62. The summed E-state index contributed by atoms with van der Waals surface area (Å²) in [4.78, 5) is 31.7. The van der Waals surface area contributed by atoms with Gasteiger partial charge in [-0.15, -0.1) is 11.3 Å². The second kappa shape index (κ2) is 9.75. The fourth-order valence-corrected chi connectivity index (χ4v) is 4.24. The number of aromatic nitrogens is 1. The number of rotatable bonds is 6. The summed E-state index contributed by atoms with van der Waals surface area (Å²) in [7, 11) is 0. The molecule has 2 amide bonds. The summed E-state index contributed by atoms with van der Waals surface area (Å²) in [6.45, 7) is 3.47. The number of piperidine rings is 1. The quantitative estimate of drug-likeness (QED) is 0.618. The number of hydrogen-bond donors (Lipinski definition) is 1. The zero-order chi connectivity index (χ0) is 21.6. The van der Waals surface area contributed by atoms with Crippen molar-refractivity contribution in [3.8, 4) is 5.75 Å². The van der Waals surface area contributed by atoms with Crippen LogP contribution in [0.15, 0.2) is 60.0 Å². The SMILES string of the molecule is Cc1nc(COc2cccc(C(=O)N3CCC(C(=O)Nc4ccccc4)CC3)c2)cs1. The van der Waals surface area contributed by atoms with Gasteiger partial charge in [-0.25, -0.2) is 4.98 Å². The van der Waals surface area contributed by atoms with Gasteiger partial charge in [-0.2, -0.15) is 0 Å². The molecule has 160 valence electrons. The Morgan fingerprint density at radius 1 is 1.13 bits per heavy atom. The largest absolute Gasteiger partial charge is 0.487 e. The van der Waals surface area contributed by atoms with E-state index in [9.17, 15) is 9.59 Å². The van der Waals surface area contributed by atoms with Crippen LogP contribution in [-0.4, -0.2) is 34.8 Å². The second-order valence-corrected chi connectivity index (χ2v) is 8.66. The Morgan fingerprint density at radius 2 is 1.90 bits per heavy atom. The van der Waals surface area contributed by atoms with E-state index in [0.717, 1.165) is 16.4 Å². The molecular formula is C24H25N3O3S. The van der Waals surface area contributed by atoms with E-state index in [0.29, 0.717) is 43.9 Å². The van der Waals surface area contributed by atoms with E-state index in [-0.39, 0.29) is 17.7 Å². The zero-order valence-electron chi connectivity index (χ0n) is 17.4. The van der Waals surface area contributed by atoms with Gasteiger partial charge in [0, 0.05) is 35.6 Å². The first-order valence-electron chi connectivity index (χ1n) is 10.4. The number of likely N-dealkylation sites (tertiary alicyclic amines) is 1. The van der Waals surface area contributed by atoms with Crippen LogP contribution in [0.1, 0.15) is 33.9 Å². The highest BCUT2D eigenvalue weighted by Gasteiger charge is 2.28. The van der Waals surface area contributed by atoms with Crippen LogP contribution in [0.4, 0.5) is 5.69 Å². The van der Waals surface area contributed by atoms with Crippen molar-refractivity contribution in [2.24, 2.45) is 5.92 Å². The molecular weight excluding hydrogens is 410 g/mol. The number of carbonyl (C=O) groups excluding carboxylic acids is 2. The number of carbonyl (C=O) groups is 2. The van der Waals surface area contributed by atoms with Gasteiger partial charge >= 0.3 is 0 Å². The zero-order valence-corrected chi connectivity index (χ0v) is 18.2. The van der Waals surface area contributed by atoms with Gasteiger partial charge in [0.2, 0.25) is 5.91 Å². The Bertz CT molecular complexity index is 1040. The van der Waals surface area contributed by atoms with E-state index < -0.39 is 0 Å². The van der Waals surface area contributed by atoms with Gasteiger partial charge in [-0.1, -0.05) is 24.3 Å². The molecule has 31 heavy (non-hydrogen) atoms. The number of aryl methyl sites for hydroxylation is 1. The minimum atomic E-state index is -0.0829. The number of anilines is 1. The predicted molar refractivity (Wildman–Crippen MR) is 121 cm³/mol. The van der Waals surface area contributed by atoms with E-state index >= 15 is 0 Å². The first-order valence-corrected chi connectivity index (χ1v) is 11.3. The highest BCUT2D eigenvalue weighted by molar-refractivity contribution is 7.09. The van der Waals surface area contributed by atoms with Crippen LogP contribution < -0.4 is 10.1 Å². The Labute approximate surface area is 185 Å². The third-order valence-corrected chi connectivity index (χ3v) is 6.15. The molecule has 1 saturated heterocycles. The lowest BCUT2D eigenvalue weighted by molar-refractivity contribution is -0.121. The van der Waals surface area contributed by atoms with Gasteiger partial charge < -0.3 is 15.0 Å². The molecule has 1 aliphatic heterocycles. The summed E-state index contributed by atoms with van der Waals surface area (Å²) in [5.41, 5.74) is 2.28. The van der Waals surface area contributed by atoms with Crippen LogP contribution in [0.25, 0.3) is 0 Å². The van der Waals surface area contributed by atoms with Crippen LogP contribution in [0.2, 0.25) is 0 Å². The normalized spacial score (nSPS) is 14.3. The lowest BCUT2D eigenvalue weighted by atomic mass is 9.95. The molecule has 0 aliphatic carbocycles. The molecule has 2 aromatic carbocycles. The average molecular weight is 436 g/mol. The second-order valence-electron chi connectivity index (χ2n) is 7.60. The van der Waals surface area contributed by atoms with Crippen molar-refractivity contribution in [3.63, 3.8) is 0 Å². The monoisotopic (exact) mass is 435 g/mol. The predicted octanol–water partition coefficient (Wildman–Crippen LogP) is 4.52. The van der Waals surface area contributed by atoms with Gasteiger partial charge in [0.1, 0.15) is 12.4 Å². The van der Waals surface area contributed by atoms with E-state index in [1.54, 1.807) is 23.5 Å². The molecule has 0 atom stereocenters. The molecule has 3 aromatic rings. The maximum absolute atomic E-state index is 13.0. The van der Waals surface area contributed by atoms with E-state index in [2.05, 4.69) is 10.3 Å². The van der Waals surface area contributed by atoms with Crippen LogP contribution in [-0.2, 0) is 11.4 Å². The fraction of sp³-hybridized carbons (Fsp3) is 0.292. The highest BCUT2D eigenvalue weighted by atomic mass is 32.1. The van der Waals surface area contributed by atoms with E-state index in [4.69, 9.17) is 4.74 Å². The van der Waals surface area contributed by atoms with E-state index in [1.165, 1.54) is 0 Å². The van der Waals surface area contributed by atoms with Crippen molar-refractivity contribution < 1.29 is 14.3 Å². The average Bonchev–Trinajstić information content (AvgIpc) is 3.23. The molecule has 0 radical (unpaired) electrons. The number of benzene rings is 2. The van der Waals surface area contributed by atoms with Gasteiger partial charge in [-0.3, -0.25) is 9.59 Å². The first-order chi connectivity index (χ1) is 15.1. The molecule has 1 N–H and O–H groups in total. The van der Waals surface area contributed by atoms with Crippen molar-refractivity contribution in [1.29, 1.82) is 0 Å². The number of amides is 2. The molecule has 1 aromatic heterocycles. The standard InChI is InChI=1S/C24H25N3O3S/c1-17-25-21(16-31-17)15-30-22-9-5-6-19(14-22)24(29)27-12-10-18(11-13-27)23(28)26-20-7-3-2-4-8-20/h2-9,14,16,18H,10-13,15H2,1H3,(H,26,28). The van der Waals surface area contributed by atoms with Gasteiger partial charge in [-0.05, 0) is 50.1 Å². The topological polar surface area (TPSA) is 71.5 Å². The lowest BCUT2D eigenvalue weighted by Gasteiger charge is -2.31. The molecule has 4 rings (SSSR count). The molecule has 0 saturated carbocycles. The fourth-order valence-electron chi connectivity index (χ4n) is 3.64. The molecule has 0 spiro atoms. The number of nitrogens with one attached hydrogen (secondary N) is 1. The van der Waals surface area contributed by atoms with Gasteiger partial charge in [0.25, 0.3) is 5.91 Å². The molecule has 0 bridgehead atoms. The molecule has 1 aliphatic rings. The maximum atomic E-state index is 13.0. The van der Waals surface area contributed by atoms with Gasteiger partial charge in [0.15, 0.2) is 0 Å². The first kappa shape index (κ1) is 21.1. The molecule has 1 fully saturated rings. The van der Waals surface area contributed by atoms with Crippen molar-refractivity contribution in [3.05, 3.63) is 76.2 Å². The highest BCUT2D eigenvalue weighted by Crippen LogP contribution is 2.23. The Morgan fingerprint density at radius 3 is 2.61 bits per heavy atom. The number of para-hydroxylation sites is 1. The van der Waals surface area contributed by atoms with E-state index in [1.807, 2.05) is 59.7 Å². The molecule has 7 heteroatoms. The molecule has 2 heterocycles. The van der Waals surface area contributed by atoms with Crippen molar-refractivity contribution in [1.82, 2.24) is 9.88 Å². The van der Waals surface area contributed by atoms with Crippen molar-refractivity contribution in [2.75, 3.05) is 18.4 Å². The van der Waals surface area contributed by atoms with Crippen LogP contribution in [0, 0.1) is 12.8 Å². The Balaban J connectivity index is 1.30. The summed E-state index contributed by atoms with van der Waals surface area (Å²) in [5.74, 6) is 0.553.